The molecule has 206 valence electrons. The highest BCUT2D eigenvalue weighted by molar-refractivity contribution is 7.40. The predicted octanol–water partition coefficient (Wildman–Crippen LogP) is 10.7. The Hall–Kier alpha value is -2.74. The Morgan fingerprint density at radius 1 is 0.462 bits per heavy atom. The molecule has 0 saturated heterocycles. The Morgan fingerprint density at radius 3 is 1.05 bits per heavy atom. The molecule has 7 heteroatoms. The van der Waals surface area contributed by atoms with E-state index in [1.807, 2.05) is 47.7 Å². The summed E-state index contributed by atoms with van der Waals surface area (Å²) in [6.07, 6.45) is 0.282. The highest BCUT2D eigenvalue weighted by Gasteiger charge is 2.23. The molecule has 0 aliphatic rings. The van der Waals surface area contributed by atoms with Crippen molar-refractivity contribution in [3.8, 4) is 43.9 Å². The summed E-state index contributed by atoms with van der Waals surface area (Å²) < 4.78 is 30.1. The van der Waals surface area contributed by atoms with E-state index in [1.165, 1.54) is 18.8 Å². The van der Waals surface area contributed by atoms with Gasteiger partial charge >= 0.3 is 0 Å². The van der Waals surface area contributed by atoms with Crippen LogP contribution in [0.25, 0.3) is 39.7 Å². The number of fused-ring (bicyclic) bond motifs is 3. The van der Waals surface area contributed by atoms with Gasteiger partial charge in [0.25, 0.3) is 0 Å². The van der Waals surface area contributed by atoms with Gasteiger partial charge in [-0.15, -0.1) is 34.0 Å². The Morgan fingerprint density at radius 2 is 0.769 bits per heavy atom. The minimum atomic E-state index is 0.0704. The molecule has 3 heterocycles. The van der Waals surface area contributed by atoms with Gasteiger partial charge in [0.2, 0.25) is 0 Å². The second-order valence-electron chi connectivity index (χ2n) is 10.6. The van der Waals surface area contributed by atoms with Crippen molar-refractivity contribution >= 4 is 52.8 Å². The molecule has 0 unspecified atom stereocenters. The molecule has 0 amide bonds. The molecule has 0 atom stereocenters. The molecule has 0 aliphatic heterocycles. The fraction of sp³-hybridized carbons (Fsp3) is 0.375. The van der Waals surface area contributed by atoms with Crippen molar-refractivity contribution in [2.45, 2.75) is 79.8 Å². The molecule has 3 aromatic heterocycles. The van der Waals surface area contributed by atoms with Crippen molar-refractivity contribution in [1.82, 2.24) is 0 Å². The van der Waals surface area contributed by atoms with Crippen LogP contribution < -0.4 is 18.9 Å². The summed E-state index contributed by atoms with van der Waals surface area (Å²) in [6.45, 7) is 16.5. The van der Waals surface area contributed by atoms with E-state index in [0.717, 1.165) is 43.9 Å². The number of thiophene rings is 3. The van der Waals surface area contributed by atoms with Crippen LogP contribution in [0, 0.1) is 0 Å². The van der Waals surface area contributed by atoms with Gasteiger partial charge in [-0.1, -0.05) is 12.1 Å². The second-order valence-corrected chi connectivity index (χ2v) is 13.8. The van der Waals surface area contributed by atoms with Crippen LogP contribution in [-0.2, 0) is 0 Å². The maximum atomic E-state index is 6.24. The van der Waals surface area contributed by atoms with E-state index in [0.29, 0.717) is 0 Å². The Bertz CT molecular complexity index is 1410. The van der Waals surface area contributed by atoms with Crippen molar-refractivity contribution in [1.29, 1.82) is 0 Å². The van der Waals surface area contributed by atoms with Crippen molar-refractivity contribution in [2.24, 2.45) is 0 Å². The molecule has 0 aliphatic carbocycles. The van der Waals surface area contributed by atoms with Crippen LogP contribution in [0.15, 0.2) is 48.5 Å². The average Bonchev–Trinajstić information content (AvgIpc) is 3.48. The fourth-order valence-electron chi connectivity index (χ4n) is 4.50. The van der Waals surface area contributed by atoms with Crippen LogP contribution in [0.5, 0.6) is 23.0 Å². The van der Waals surface area contributed by atoms with Gasteiger partial charge in [-0.3, -0.25) is 0 Å². The van der Waals surface area contributed by atoms with E-state index >= 15 is 0 Å². The maximum absolute atomic E-state index is 6.24. The minimum Gasteiger partial charge on any atom is -0.490 e. The minimum absolute atomic E-state index is 0.0704. The number of hydrogen-bond donors (Lipinski definition) is 0. The summed E-state index contributed by atoms with van der Waals surface area (Å²) in [4.78, 5) is 2.32. The van der Waals surface area contributed by atoms with Crippen LogP contribution in [0.1, 0.15) is 55.4 Å². The van der Waals surface area contributed by atoms with Gasteiger partial charge in [-0.2, -0.15) is 0 Å². The molecule has 0 N–H and O–H groups in total. The van der Waals surface area contributed by atoms with E-state index in [1.54, 1.807) is 22.7 Å². The van der Waals surface area contributed by atoms with Crippen molar-refractivity contribution < 1.29 is 18.9 Å². The van der Waals surface area contributed by atoms with Crippen molar-refractivity contribution in [3.05, 3.63) is 48.5 Å². The molecular formula is C32H36O4S3. The summed E-state index contributed by atoms with van der Waals surface area (Å²) in [6, 6.07) is 16.7. The first-order valence-corrected chi connectivity index (χ1v) is 15.9. The van der Waals surface area contributed by atoms with Gasteiger partial charge in [-0.05, 0) is 91.8 Å². The molecule has 39 heavy (non-hydrogen) atoms. The van der Waals surface area contributed by atoms with Gasteiger partial charge < -0.3 is 18.9 Å². The van der Waals surface area contributed by atoms with Crippen LogP contribution >= 0.6 is 34.0 Å². The molecule has 0 saturated carbocycles. The average molecular weight is 581 g/mol. The lowest BCUT2D eigenvalue weighted by Crippen LogP contribution is -2.09. The van der Waals surface area contributed by atoms with E-state index in [9.17, 15) is 0 Å². The zero-order valence-electron chi connectivity index (χ0n) is 23.8. The quantitative estimate of drug-likeness (QED) is 0.165. The van der Waals surface area contributed by atoms with Gasteiger partial charge in [0.15, 0.2) is 0 Å². The number of rotatable bonds is 10. The van der Waals surface area contributed by atoms with E-state index in [2.05, 4.69) is 67.5 Å². The smallest absolute Gasteiger partial charge is 0.132 e. The number of hydrogen-bond acceptors (Lipinski definition) is 7. The maximum Gasteiger partial charge on any atom is 0.132 e. The third-order valence-electron chi connectivity index (χ3n) is 5.74. The topological polar surface area (TPSA) is 36.9 Å². The Labute approximate surface area is 243 Å². The van der Waals surface area contributed by atoms with Gasteiger partial charge in [0.1, 0.15) is 23.0 Å². The van der Waals surface area contributed by atoms with Gasteiger partial charge in [-0.25, -0.2) is 0 Å². The molecule has 4 nitrogen and oxygen atoms in total. The molecule has 0 radical (unpaired) electrons. The lowest BCUT2D eigenvalue weighted by molar-refractivity contribution is 0.230. The zero-order valence-corrected chi connectivity index (χ0v) is 26.2. The third-order valence-corrected chi connectivity index (χ3v) is 9.55. The van der Waals surface area contributed by atoms with Crippen LogP contribution in [0.2, 0.25) is 0 Å². The molecule has 5 rings (SSSR count). The molecule has 0 bridgehead atoms. The predicted molar refractivity (Wildman–Crippen MR) is 169 cm³/mol. The molecule has 2 aromatic carbocycles. The Balaban J connectivity index is 1.64. The third kappa shape index (κ3) is 5.91. The standard InChI is InChI=1S/C32H36O4S3/c1-17(2)33-21-11-9-12-22(34-18(3)4)29(21)25-15-27-31(38-25)32-28(37-27)16-26(39-32)30-23(35-19(5)6)13-10-14-24(30)36-20(7)8/h9-20H,1-8H3. The summed E-state index contributed by atoms with van der Waals surface area (Å²) in [7, 11) is 0. The first-order chi connectivity index (χ1) is 18.6. The molecule has 0 fully saturated rings. The van der Waals surface area contributed by atoms with E-state index < -0.39 is 0 Å². The first-order valence-electron chi connectivity index (χ1n) is 13.5. The summed E-state index contributed by atoms with van der Waals surface area (Å²) in [5.74, 6) is 3.43. The molecule has 0 spiro atoms. The first kappa shape index (κ1) is 27.8. The number of benzene rings is 2. The van der Waals surface area contributed by atoms with Gasteiger partial charge in [0.05, 0.1) is 44.9 Å². The van der Waals surface area contributed by atoms with Gasteiger partial charge in [0, 0.05) is 19.2 Å². The monoisotopic (exact) mass is 580 g/mol. The largest absolute Gasteiger partial charge is 0.490 e. The Kier molecular flexibility index (Phi) is 8.13. The van der Waals surface area contributed by atoms with Crippen LogP contribution in [0.4, 0.5) is 0 Å². The fourth-order valence-corrected chi connectivity index (χ4v) is 8.63. The molecule has 5 aromatic rings. The lowest BCUT2D eigenvalue weighted by Gasteiger charge is -2.18. The second kappa shape index (κ2) is 11.4. The lowest BCUT2D eigenvalue weighted by atomic mass is 10.1. The summed E-state index contributed by atoms with van der Waals surface area (Å²) in [5.41, 5.74) is 2.06. The van der Waals surface area contributed by atoms with E-state index in [-0.39, 0.29) is 24.4 Å². The highest BCUT2D eigenvalue weighted by Crippen LogP contribution is 2.53. The van der Waals surface area contributed by atoms with Crippen molar-refractivity contribution in [2.75, 3.05) is 0 Å². The normalized spacial score (nSPS) is 12.0. The summed E-state index contributed by atoms with van der Waals surface area (Å²) >= 11 is 5.44. The van der Waals surface area contributed by atoms with E-state index in [4.69, 9.17) is 18.9 Å². The van der Waals surface area contributed by atoms with Crippen molar-refractivity contribution in [3.63, 3.8) is 0 Å². The highest BCUT2D eigenvalue weighted by atomic mass is 32.1. The molecular weight excluding hydrogens is 545 g/mol. The SMILES string of the molecule is CC(C)Oc1cccc(OC(C)C)c1-c1cc2sc3cc(-c4c(OC(C)C)cccc4OC(C)C)sc3c2s1. The number of ether oxygens (including phenoxy) is 4. The zero-order chi connectivity index (χ0) is 27.8. The van der Waals surface area contributed by atoms with Crippen LogP contribution in [-0.4, -0.2) is 24.4 Å². The summed E-state index contributed by atoms with van der Waals surface area (Å²) in [5, 5.41) is 0. The van der Waals surface area contributed by atoms with Crippen LogP contribution in [0.3, 0.4) is 0 Å².